The molecule has 0 radical (unpaired) electrons. The van der Waals surface area contributed by atoms with Gasteiger partial charge in [-0.3, -0.25) is 0 Å². The van der Waals surface area contributed by atoms with Crippen molar-refractivity contribution in [2.75, 3.05) is 45.8 Å². The fraction of sp³-hybridized carbons (Fsp3) is 1.00. The number of nitrogens with zero attached hydrogens (tertiary/aromatic N) is 21. The maximum Gasteiger partial charge on any atom is 0.187 e. The van der Waals surface area contributed by atoms with Crippen LogP contribution in [0.3, 0.4) is 0 Å². The van der Waals surface area contributed by atoms with Crippen molar-refractivity contribution < 1.29 is 138 Å². The van der Waals surface area contributed by atoms with Crippen molar-refractivity contribution in [3.05, 3.63) is 73.1 Å². The normalized spacial score (nSPS) is 47.7. The van der Waals surface area contributed by atoms with Gasteiger partial charge in [0, 0.05) is 34.4 Å². The first-order valence-corrected chi connectivity index (χ1v) is 27.4. The predicted molar refractivity (Wildman–Crippen MR) is 277 cm³/mol. The Labute approximate surface area is 506 Å². The van der Waals surface area contributed by atoms with Crippen molar-refractivity contribution in [3.8, 4) is 0 Å². The van der Waals surface area contributed by atoms with E-state index in [-0.39, 0.29) is 0 Å². The van der Waals surface area contributed by atoms with Crippen molar-refractivity contribution >= 4 is 0 Å². The summed E-state index contributed by atoms with van der Waals surface area (Å²) in [7, 11) is 0. The third kappa shape index (κ3) is 15.7. The smallest absolute Gasteiger partial charge is 0.187 e. The highest BCUT2D eigenvalue weighted by molar-refractivity contribution is 5.03. The third-order valence-electron chi connectivity index (χ3n) is 15.8. The molecule has 21 rings (SSSR count). The molecule has 0 aliphatic carbocycles. The Morgan fingerprint density at radius 1 is 0.187 bits per heavy atom. The highest BCUT2D eigenvalue weighted by Crippen LogP contribution is 2.39. The van der Waals surface area contributed by atoms with Crippen LogP contribution in [0.2, 0.25) is 0 Å². The second kappa shape index (κ2) is 32.3. The molecule has 21 aliphatic heterocycles. The van der Waals surface area contributed by atoms with Gasteiger partial charge in [-0.2, -0.15) is 0 Å². The van der Waals surface area contributed by atoms with Crippen LogP contribution in [0.15, 0.2) is 35.8 Å². The van der Waals surface area contributed by atoms with Crippen LogP contribution in [0, 0.1) is 0 Å². The van der Waals surface area contributed by atoms with Gasteiger partial charge in [-0.1, -0.05) is 35.8 Å². The van der Waals surface area contributed by atoms with E-state index in [2.05, 4.69) is 70.2 Å². The van der Waals surface area contributed by atoms with Gasteiger partial charge in [-0.05, 0) is 38.7 Å². The Morgan fingerprint density at radius 3 is 0.396 bits per heavy atom. The molecule has 0 unspecified atom stereocenters. The maximum atomic E-state index is 11.7. The Hall–Kier alpha value is -5.95. The average Bonchev–Trinajstić information content (AvgIpc) is 0.799. The summed E-state index contributed by atoms with van der Waals surface area (Å²) in [5.74, 6) is 0. The van der Waals surface area contributed by atoms with Crippen LogP contribution in [0.25, 0.3) is 73.1 Å². The molecule has 91 heavy (non-hydrogen) atoms. The van der Waals surface area contributed by atoms with Gasteiger partial charge in [0.2, 0.25) is 0 Å². The van der Waals surface area contributed by atoms with E-state index in [0.717, 1.165) is 0 Å². The van der Waals surface area contributed by atoms with Crippen LogP contribution < -0.4 is 0 Å². The molecule has 0 aromatic carbocycles. The zero-order chi connectivity index (χ0) is 66.0. The van der Waals surface area contributed by atoms with E-state index in [9.17, 15) is 110 Å². The number of hydrogen-bond donors (Lipinski definition) is 14. The lowest BCUT2D eigenvalue weighted by atomic mass is 9.94. The predicted octanol–water partition coefficient (Wildman–Crippen LogP) is -6.00. The minimum atomic E-state index is -2.31. The van der Waals surface area contributed by atoms with Crippen molar-refractivity contribution in [2.24, 2.45) is 35.8 Å². The fourth-order valence-corrected chi connectivity index (χ4v) is 11.2. The van der Waals surface area contributed by atoms with Crippen LogP contribution in [-0.4, -0.2) is 332 Å². The Morgan fingerprint density at radius 2 is 0.297 bits per heavy atom. The first kappa shape index (κ1) is 70.9. The van der Waals surface area contributed by atoms with Crippen molar-refractivity contribution in [3.63, 3.8) is 0 Å². The molecule has 21 fully saturated rings. The molecule has 21 saturated heterocycles. The quantitative estimate of drug-likeness (QED) is 0.0437. The van der Waals surface area contributed by atoms with E-state index >= 15 is 0 Å². The molecule has 14 bridgehead atoms. The number of rotatable bonds is 14. The van der Waals surface area contributed by atoms with E-state index in [1.54, 1.807) is 0 Å². The zero-order valence-corrected chi connectivity index (χ0v) is 46.5. The summed E-state index contributed by atoms with van der Waals surface area (Å²) in [6.07, 6.45) is -73.2. The van der Waals surface area contributed by atoms with E-state index in [4.69, 9.17) is 66.3 Å². The van der Waals surface area contributed by atoms with E-state index in [1.807, 2.05) is 0 Å². The maximum absolute atomic E-state index is 11.7. The Kier molecular flexibility index (Phi) is 25.1. The number of azide groups is 7. The monoisotopic (exact) mass is 1310 g/mol. The SMILES string of the molecule is [N-]=[N+]=NC[C@H]1O[C@@H]2O[C@H]3[C@H](O)[C@@H](O)[C@@H](O[C@H]4[C@H](O)[C@@H](O)[C@@H](O[C@H]5[C@@H](O)[C@@H](O)[C@@H](O[C@H]6[C@@H](O)[C@@H](O)[C@@H](O[C@H]7[C@H](O)[C@@H](O)[C@@H](O[C@H]8[C@H](O)[C@@H](O)[C@@H](O[C@H]1[C@H](O)[C@H]2O)O[C@@H]8CN=[N+]=[N-])O[C@@H]7CN=[N+]=[N-])O[C@@H]6CN=[N+]=[N-])O[C@@H]5CN=[N+]=[N-])O[C@@H]4CN=[N+]=[N-])O[C@@H]3CN=[N+]=[N-]. The summed E-state index contributed by atoms with van der Waals surface area (Å²) in [6.45, 7) is -5.63. The third-order valence-corrected chi connectivity index (χ3v) is 15.8. The number of hydrogen-bond acceptors (Lipinski definition) is 35. The molecule has 0 spiro atoms. The van der Waals surface area contributed by atoms with Gasteiger partial charge in [0.15, 0.2) is 44.0 Å². The molecule has 35 atom stereocenters. The van der Waals surface area contributed by atoms with Gasteiger partial charge < -0.3 is 138 Å². The van der Waals surface area contributed by atoms with Gasteiger partial charge in [-0.25, -0.2) is 0 Å². The highest BCUT2D eigenvalue weighted by Gasteiger charge is 2.59. The second-order valence-electron chi connectivity index (χ2n) is 21.3. The molecule has 49 heteroatoms. The van der Waals surface area contributed by atoms with Crippen LogP contribution in [-0.2, 0) is 66.3 Å². The largest absolute Gasteiger partial charge is 0.387 e. The van der Waals surface area contributed by atoms with Crippen LogP contribution >= 0.6 is 0 Å². The summed E-state index contributed by atoms with van der Waals surface area (Å²) < 4.78 is 82.3. The molecule has 14 N–H and O–H groups in total. The van der Waals surface area contributed by atoms with Gasteiger partial charge in [0.25, 0.3) is 0 Å². The summed E-state index contributed by atoms with van der Waals surface area (Å²) in [4.78, 5) is 18.6. The molecule has 0 aromatic heterocycles. The molecule has 21 aliphatic rings. The summed E-state index contributed by atoms with van der Waals surface area (Å²) in [5.41, 5.74) is 65.3. The highest BCUT2D eigenvalue weighted by atomic mass is 16.8. The van der Waals surface area contributed by atoms with E-state index < -0.39 is 261 Å². The zero-order valence-electron chi connectivity index (χ0n) is 46.5. The molecule has 504 valence electrons. The summed E-state index contributed by atoms with van der Waals surface area (Å²) >= 11 is 0. The van der Waals surface area contributed by atoms with Gasteiger partial charge >= 0.3 is 0 Å². The molecule has 49 nitrogen and oxygen atoms in total. The lowest BCUT2D eigenvalue weighted by Gasteiger charge is -2.50. The Bertz CT molecular complexity index is 2290. The molecule has 21 heterocycles. The fourth-order valence-electron chi connectivity index (χ4n) is 11.2. The molecule has 0 amide bonds. The van der Waals surface area contributed by atoms with Crippen molar-refractivity contribution in [1.82, 2.24) is 0 Å². The van der Waals surface area contributed by atoms with Crippen molar-refractivity contribution in [1.29, 1.82) is 0 Å². The molecular weight excluding hydrogens is 1250 g/mol. The summed E-state index contributed by atoms with van der Waals surface area (Å²) in [5, 5.41) is 187. The number of aliphatic hydroxyl groups is 14. The van der Waals surface area contributed by atoms with Crippen LogP contribution in [0.4, 0.5) is 0 Å². The van der Waals surface area contributed by atoms with Gasteiger partial charge in [-0.15, -0.1) is 0 Å². The second-order valence-corrected chi connectivity index (χ2v) is 21.3. The first-order chi connectivity index (χ1) is 43.7. The van der Waals surface area contributed by atoms with Gasteiger partial charge in [0.05, 0.1) is 88.5 Å². The minimum absolute atomic E-state index is 0.804. The van der Waals surface area contributed by atoms with Gasteiger partial charge in [0.1, 0.15) is 128 Å². The van der Waals surface area contributed by atoms with E-state index in [1.165, 1.54) is 0 Å². The lowest BCUT2D eigenvalue weighted by Crippen LogP contribution is -2.68. The van der Waals surface area contributed by atoms with Crippen molar-refractivity contribution in [2.45, 2.75) is 215 Å². The summed E-state index contributed by atoms with van der Waals surface area (Å²) in [6, 6.07) is 0. The molecule has 0 aromatic rings. The average molecular weight is 1310 g/mol. The standard InChI is InChI=1S/C42H63N21O28/c43-57-50-1-8-29-15(64)22(71)36(78-8)86-30-9(2-51-58-44)80-38(24(73)17(30)66)88-32-11(4-53-60-46)82-40(26(75)19(32)68)90-34-13(6-55-62-48)84-42(28(77)21(34)70)91-35-14(7-56-63-49)83-41(27(76)20(35)69)89-33-12(5-54-61-47)81-39(25(74)18(33)67)87-31-10(3-52-59-45)79-37(85-29)23(72)16(31)65/h8-42,64-77H,1-7H2/t8-,9-,10-,11-,12-,13-,14-,15-,16-,17-,18-,19-,20+,21+,22-,23-,24-,25-,26-,27-,28-,29-,30-,31-,32-,33-,34-,35-,36-,37-,38-,39-,40-,41-,42-/m1/s1. The van der Waals surface area contributed by atoms with Crippen LogP contribution in [0.1, 0.15) is 0 Å². The number of ether oxygens (including phenoxy) is 14. The molecule has 0 saturated carbocycles. The lowest BCUT2D eigenvalue weighted by molar-refractivity contribution is -0.391. The molecular formula is C42H63N21O28. The minimum Gasteiger partial charge on any atom is -0.387 e. The Balaban J connectivity index is 1.17. The van der Waals surface area contributed by atoms with Crippen LogP contribution in [0.5, 0.6) is 0 Å². The number of aliphatic hydroxyl groups excluding tert-OH is 14. The first-order valence-electron chi connectivity index (χ1n) is 27.4. The topological polar surface area (TPSA) is 754 Å². The van der Waals surface area contributed by atoms with E-state index in [0.29, 0.717) is 0 Å².